The number of aryl methyl sites for hydroxylation is 1. The van der Waals surface area contributed by atoms with Gasteiger partial charge < -0.3 is 10.0 Å². The van der Waals surface area contributed by atoms with Crippen LogP contribution < -0.4 is 0 Å². The summed E-state index contributed by atoms with van der Waals surface area (Å²) < 4.78 is 0. The standard InChI is InChI=1S/C15H23NO/c1-12-4-3-5-14(10-12)15(17)7-9-16-8-6-13(2)11-16/h3-5,10,13,15,17H,6-9,11H2,1-2H3. The second-order valence-corrected chi connectivity index (χ2v) is 5.41. The molecule has 1 aliphatic heterocycles. The highest BCUT2D eigenvalue weighted by atomic mass is 16.3. The van der Waals surface area contributed by atoms with Crippen molar-refractivity contribution in [2.24, 2.45) is 5.92 Å². The number of hydrogen-bond donors (Lipinski definition) is 1. The monoisotopic (exact) mass is 233 g/mol. The van der Waals surface area contributed by atoms with Gasteiger partial charge in [0.05, 0.1) is 6.10 Å². The normalized spacial score (nSPS) is 22.9. The van der Waals surface area contributed by atoms with Gasteiger partial charge in [-0.25, -0.2) is 0 Å². The fraction of sp³-hybridized carbons (Fsp3) is 0.600. The van der Waals surface area contributed by atoms with E-state index in [-0.39, 0.29) is 6.10 Å². The largest absolute Gasteiger partial charge is 0.388 e. The molecule has 94 valence electrons. The zero-order chi connectivity index (χ0) is 12.3. The summed E-state index contributed by atoms with van der Waals surface area (Å²) in [6.07, 6.45) is 1.84. The summed E-state index contributed by atoms with van der Waals surface area (Å²) in [6, 6.07) is 8.19. The van der Waals surface area contributed by atoms with Gasteiger partial charge >= 0.3 is 0 Å². The molecule has 0 spiro atoms. The maximum Gasteiger partial charge on any atom is 0.0802 e. The molecular weight excluding hydrogens is 210 g/mol. The van der Waals surface area contributed by atoms with E-state index in [1.165, 1.54) is 25.1 Å². The van der Waals surface area contributed by atoms with Gasteiger partial charge in [-0.2, -0.15) is 0 Å². The molecule has 1 aromatic rings. The molecule has 0 radical (unpaired) electrons. The van der Waals surface area contributed by atoms with Gasteiger partial charge in [0, 0.05) is 13.1 Å². The summed E-state index contributed by atoms with van der Waals surface area (Å²) in [5.74, 6) is 0.825. The van der Waals surface area contributed by atoms with Crippen molar-refractivity contribution in [1.82, 2.24) is 4.90 Å². The van der Waals surface area contributed by atoms with Crippen molar-refractivity contribution in [1.29, 1.82) is 0 Å². The Morgan fingerprint density at radius 3 is 2.94 bits per heavy atom. The van der Waals surface area contributed by atoms with Crippen molar-refractivity contribution in [3.05, 3.63) is 35.4 Å². The Hall–Kier alpha value is -0.860. The van der Waals surface area contributed by atoms with Crippen LogP contribution in [0.25, 0.3) is 0 Å². The molecule has 2 rings (SSSR count). The fourth-order valence-corrected chi connectivity index (χ4v) is 2.58. The molecule has 1 heterocycles. The lowest BCUT2D eigenvalue weighted by Crippen LogP contribution is -2.23. The molecule has 1 aliphatic rings. The number of aliphatic hydroxyl groups excluding tert-OH is 1. The summed E-state index contributed by atoms with van der Waals surface area (Å²) in [4.78, 5) is 2.46. The molecule has 0 aliphatic carbocycles. The topological polar surface area (TPSA) is 23.5 Å². The molecular formula is C15H23NO. The highest BCUT2D eigenvalue weighted by Crippen LogP contribution is 2.20. The van der Waals surface area contributed by atoms with Crippen LogP contribution in [0.2, 0.25) is 0 Å². The Kier molecular flexibility index (Phi) is 4.19. The third-order valence-electron chi connectivity index (χ3n) is 3.65. The highest BCUT2D eigenvalue weighted by Gasteiger charge is 2.19. The first-order valence-electron chi connectivity index (χ1n) is 6.62. The van der Waals surface area contributed by atoms with Crippen LogP contribution in [0.5, 0.6) is 0 Å². The molecule has 1 N–H and O–H groups in total. The van der Waals surface area contributed by atoms with Gasteiger partial charge in [0.25, 0.3) is 0 Å². The Morgan fingerprint density at radius 1 is 1.47 bits per heavy atom. The van der Waals surface area contributed by atoms with Gasteiger partial charge in [0.1, 0.15) is 0 Å². The molecule has 1 saturated heterocycles. The number of hydrogen-bond acceptors (Lipinski definition) is 2. The van der Waals surface area contributed by atoms with Gasteiger partial charge in [0.2, 0.25) is 0 Å². The van der Waals surface area contributed by atoms with Crippen LogP contribution in [-0.4, -0.2) is 29.6 Å². The average Bonchev–Trinajstić information content (AvgIpc) is 2.72. The van der Waals surface area contributed by atoms with Gasteiger partial charge in [0.15, 0.2) is 0 Å². The van der Waals surface area contributed by atoms with Crippen LogP contribution in [0.15, 0.2) is 24.3 Å². The van der Waals surface area contributed by atoms with Crippen LogP contribution in [0.4, 0.5) is 0 Å². The SMILES string of the molecule is Cc1cccc(C(O)CCN2CCC(C)C2)c1. The van der Waals surface area contributed by atoms with Crippen molar-refractivity contribution >= 4 is 0 Å². The molecule has 2 heteroatoms. The number of nitrogens with zero attached hydrogens (tertiary/aromatic N) is 1. The fourth-order valence-electron chi connectivity index (χ4n) is 2.58. The molecule has 2 unspecified atom stereocenters. The van der Waals surface area contributed by atoms with E-state index >= 15 is 0 Å². The lowest BCUT2D eigenvalue weighted by Gasteiger charge is -2.18. The zero-order valence-electron chi connectivity index (χ0n) is 10.9. The lowest BCUT2D eigenvalue weighted by atomic mass is 10.0. The van der Waals surface area contributed by atoms with E-state index in [4.69, 9.17) is 0 Å². The minimum absolute atomic E-state index is 0.314. The first-order chi connectivity index (χ1) is 8.15. The molecule has 0 amide bonds. The number of likely N-dealkylation sites (tertiary alicyclic amines) is 1. The number of benzene rings is 1. The Bertz CT molecular complexity index is 364. The maximum atomic E-state index is 10.1. The van der Waals surface area contributed by atoms with Crippen molar-refractivity contribution in [3.63, 3.8) is 0 Å². The summed E-state index contributed by atoms with van der Waals surface area (Å²) in [6.45, 7) is 7.77. The lowest BCUT2D eigenvalue weighted by molar-refractivity contribution is 0.148. The summed E-state index contributed by atoms with van der Waals surface area (Å²) in [7, 11) is 0. The Morgan fingerprint density at radius 2 is 2.29 bits per heavy atom. The van der Waals surface area contributed by atoms with Crippen molar-refractivity contribution in [2.45, 2.75) is 32.8 Å². The van der Waals surface area contributed by atoms with E-state index < -0.39 is 0 Å². The number of rotatable bonds is 4. The van der Waals surface area contributed by atoms with E-state index in [1.807, 2.05) is 12.1 Å². The van der Waals surface area contributed by atoms with Crippen molar-refractivity contribution in [3.8, 4) is 0 Å². The second-order valence-electron chi connectivity index (χ2n) is 5.41. The minimum atomic E-state index is -0.314. The smallest absolute Gasteiger partial charge is 0.0802 e. The van der Waals surface area contributed by atoms with Gasteiger partial charge in [-0.05, 0) is 37.8 Å². The Balaban J connectivity index is 1.83. The number of aliphatic hydroxyl groups is 1. The van der Waals surface area contributed by atoms with E-state index in [9.17, 15) is 5.11 Å². The van der Waals surface area contributed by atoms with Crippen molar-refractivity contribution in [2.75, 3.05) is 19.6 Å². The van der Waals surface area contributed by atoms with Crippen molar-refractivity contribution < 1.29 is 5.11 Å². The maximum absolute atomic E-state index is 10.1. The van der Waals surface area contributed by atoms with Gasteiger partial charge in [-0.3, -0.25) is 0 Å². The molecule has 17 heavy (non-hydrogen) atoms. The quantitative estimate of drug-likeness (QED) is 0.864. The van der Waals surface area contributed by atoms with Crippen LogP contribution in [0.3, 0.4) is 0 Å². The minimum Gasteiger partial charge on any atom is -0.388 e. The second kappa shape index (κ2) is 5.65. The summed E-state index contributed by atoms with van der Waals surface area (Å²) >= 11 is 0. The van der Waals surface area contributed by atoms with E-state index in [0.29, 0.717) is 0 Å². The van der Waals surface area contributed by atoms with Crippen LogP contribution in [-0.2, 0) is 0 Å². The van der Waals surface area contributed by atoms with E-state index in [1.54, 1.807) is 0 Å². The third kappa shape index (κ3) is 3.55. The predicted octanol–water partition coefficient (Wildman–Crippen LogP) is 2.76. The summed E-state index contributed by atoms with van der Waals surface area (Å²) in [5.41, 5.74) is 2.27. The van der Waals surface area contributed by atoms with Crippen LogP contribution in [0.1, 0.15) is 37.0 Å². The molecule has 2 nitrogen and oxygen atoms in total. The van der Waals surface area contributed by atoms with Gasteiger partial charge in [-0.1, -0.05) is 36.8 Å². The average molecular weight is 233 g/mol. The van der Waals surface area contributed by atoms with Crippen LogP contribution in [0, 0.1) is 12.8 Å². The van der Waals surface area contributed by atoms with E-state index in [2.05, 4.69) is 30.9 Å². The first kappa shape index (κ1) is 12.6. The Labute approximate surface area is 104 Å². The molecule has 0 saturated carbocycles. The third-order valence-corrected chi connectivity index (χ3v) is 3.65. The summed E-state index contributed by atoms with van der Waals surface area (Å²) in [5, 5.41) is 10.1. The molecule has 1 fully saturated rings. The molecule has 0 aromatic heterocycles. The molecule has 2 atom stereocenters. The predicted molar refractivity (Wildman–Crippen MR) is 71.0 cm³/mol. The zero-order valence-corrected chi connectivity index (χ0v) is 10.9. The van der Waals surface area contributed by atoms with E-state index in [0.717, 1.165) is 24.4 Å². The molecule has 0 bridgehead atoms. The first-order valence-corrected chi connectivity index (χ1v) is 6.62. The van der Waals surface area contributed by atoms with Gasteiger partial charge in [-0.15, -0.1) is 0 Å². The molecule has 1 aromatic carbocycles. The van der Waals surface area contributed by atoms with Crippen LogP contribution >= 0.6 is 0 Å². The highest BCUT2D eigenvalue weighted by molar-refractivity contribution is 5.23.